The predicted molar refractivity (Wildman–Crippen MR) is 62.0 cm³/mol. The van der Waals surface area contributed by atoms with E-state index in [1.54, 1.807) is 11.3 Å². The fraction of sp³-hybridized carbons (Fsp3) is 0.273. The highest BCUT2D eigenvalue weighted by Gasteiger charge is 2.09. The Morgan fingerprint density at radius 3 is 2.93 bits per heavy atom. The van der Waals surface area contributed by atoms with Gasteiger partial charge in [0.2, 0.25) is 0 Å². The van der Waals surface area contributed by atoms with Crippen molar-refractivity contribution in [2.75, 3.05) is 0 Å². The first-order valence-electron chi connectivity index (χ1n) is 4.43. The number of aliphatic hydroxyl groups excluding tert-OH is 1. The van der Waals surface area contributed by atoms with Crippen LogP contribution in [0.4, 0.5) is 0 Å². The molecule has 0 spiro atoms. The van der Waals surface area contributed by atoms with Crippen LogP contribution in [-0.4, -0.2) is 5.11 Å². The molecule has 1 N–H and O–H groups in total. The van der Waals surface area contributed by atoms with E-state index in [-0.39, 0.29) is 6.61 Å². The summed E-state index contributed by atoms with van der Waals surface area (Å²) in [6.45, 7) is 2.10. The molecular weight excluding hydrogens is 216 g/mol. The van der Waals surface area contributed by atoms with Gasteiger partial charge in [0.05, 0.1) is 6.61 Å². The molecule has 0 saturated heterocycles. The van der Waals surface area contributed by atoms with E-state index in [0.29, 0.717) is 5.88 Å². The molecular formula is C11H11ClOS. The average molecular weight is 227 g/mol. The lowest BCUT2D eigenvalue weighted by Gasteiger charge is -2.09. The number of fused-ring (bicyclic) bond motifs is 1. The summed E-state index contributed by atoms with van der Waals surface area (Å²) in [5.74, 6) is 0.507. The van der Waals surface area contributed by atoms with Crippen LogP contribution in [0.1, 0.15) is 16.7 Å². The Hall–Kier alpha value is -0.570. The maximum atomic E-state index is 9.32. The van der Waals surface area contributed by atoms with Crippen LogP contribution in [0.2, 0.25) is 0 Å². The van der Waals surface area contributed by atoms with Crippen LogP contribution >= 0.6 is 22.9 Å². The van der Waals surface area contributed by atoms with Gasteiger partial charge in [-0.3, -0.25) is 0 Å². The number of aliphatic hydroxyl groups is 1. The summed E-state index contributed by atoms with van der Waals surface area (Å²) in [5, 5.41) is 12.5. The summed E-state index contributed by atoms with van der Waals surface area (Å²) in [6, 6.07) is 4.16. The maximum absolute atomic E-state index is 9.32. The van der Waals surface area contributed by atoms with Gasteiger partial charge in [-0.2, -0.15) is 0 Å². The number of rotatable bonds is 2. The molecule has 0 aliphatic heterocycles. The largest absolute Gasteiger partial charge is 0.392 e. The second-order valence-corrected chi connectivity index (χ2v) is 4.48. The van der Waals surface area contributed by atoms with Gasteiger partial charge in [-0.1, -0.05) is 0 Å². The topological polar surface area (TPSA) is 20.2 Å². The molecule has 0 atom stereocenters. The van der Waals surface area contributed by atoms with Gasteiger partial charge in [0.1, 0.15) is 0 Å². The normalized spacial score (nSPS) is 11.1. The van der Waals surface area contributed by atoms with Gasteiger partial charge >= 0.3 is 0 Å². The minimum absolute atomic E-state index is 0.0871. The van der Waals surface area contributed by atoms with Crippen molar-refractivity contribution >= 4 is 33.0 Å². The van der Waals surface area contributed by atoms with E-state index in [0.717, 1.165) is 22.1 Å². The first-order chi connectivity index (χ1) is 6.77. The fourth-order valence-electron chi connectivity index (χ4n) is 1.69. The van der Waals surface area contributed by atoms with Crippen molar-refractivity contribution < 1.29 is 5.11 Å². The van der Waals surface area contributed by atoms with Gasteiger partial charge in [-0.25, -0.2) is 0 Å². The zero-order valence-electron chi connectivity index (χ0n) is 7.88. The predicted octanol–water partition coefficient (Wildman–Crippen LogP) is 3.44. The Balaban J connectivity index is 2.80. The first kappa shape index (κ1) is 9.97. The molecule has 0 fully saturated rings. The van der Waals surface area contributed by atoms with Crippen LogP contribution in [0.5, 0.6) is 0 Å². The summed E-state index contributed by atoms with van der Waals surface area (Å²) in [4.78, 5) is 0. The molecule has 0 saturated carbocycles. The first-order valence-corrected chi connectivity index (χ1v) is 5.84. The van der Waals surface area contributed by atoms with Crippen LogP contribution in [0.25, 0.3) is 10.1 Å². The van der Waals surface area contributed by atoms with E-state index in [2.05, 4.69) is 12.1 Å². The van der Waals surface area contributed by atoms with Crippen molar-refractivity contribution in [3.8, 4) is 0 Å². The monoisotopic (exact) mass is 226 g/mol. The minimum Gasteiger partial charge on any atom is -0.392 e. The lowest BCUT2D eigenvalue weighted by Crippen LogP contribution is -1.94. The highest BCUT2D eigenvalue weighted by molar-refractivity contribution is 7.17. The Labute approximate surface area is 91.9 Å². The number of halogens is 1. The Morgan fingerprint density at radius 2 is 2.29 bits per heavy atom. The van der Waals surface area contributed by atoms with Crippen molar-refractivity contribution in [3.05, 3.63) is 34.2 Å². The van der Waals surface area contributed by atoms with E-state index in [9.17, 15) is 5.11 Å². The van der Waals surface area contributed by atoms with Crippen molar-refractivity contribution in [1.82, 2.24) is 0 Å². The standard InChI is InChI=1S/C11H11ClOS/c1-7-8(5-12)4-11-9(2-3-14-11)10(7)6-13/h2-4,13H,5-6H2,1H3. The van der Waals surface area contributed by atoms with Crippen molar-refractivity contribution in [2.24, 2.45) is 0 Å². The Morgan fingerprint density at radius 1 is 1.50 bits per heavy atom. The lowest BCUT2D eigenvalue weighted by molar-refractivity contribution is 0.282. The molecule has 2 rings (SSSR count). The third-order valence-electron chi connectivity index (χ3n) is 2.56. The number of thiophene rings is 1. The molecule has 0 amide bonds. The van der Waals surface area contributed by atoms with E-state index in [1.807, 2.05) is 12.3 Å². The van der Waals surface area contributed by atoms with Gasteiger partial charge in [0.15, 0.2) is 0 Å². The molecule has 14 heavy (non-hydrogen) atoms. The summed E-state index contributed by atoms with van der Waals surface area (Å²) in [7, 11) is 0. The molecule has 1 heterocycles. The zero-order valence-corrected chi connectivity index (χ0v) is 9.45. The van der Waals surface area contributed by atoms with Crippen LogP contribution in [0, 0.1) is 6.92 Å². The fourth-order valence-corrected chi connectivity index (χ4v) is 2.84. The van der Waals surface area contributed by atoms with Crippen molar-refractivity contribution in [1.29, 1.82) is 0 Å². The number of benzene rings is 1. The van der Waals surface area contributed by atoms with Crippen LogP contribution in [-0.2, 0) is 12.5 Å². The van der Waals surface area contributed by atoms with Crippen LogP contribution in [0.15, 0.2) is 17.5 Å². The van der Waals surface area contributed by atoms with Gasteiger partial charge in [-0.15, -0.1) is 22.9 Å². The SMILES string of the molecule is Cc1c(CCl)cc2sccc2c1CO. The third kappa shape index (κ3) is 1.44. The second kappa shape index (κ2) is 3.89. The zero-order chi connectivity index (χ0) is 10.1. The molecule has 2 aromatic rings. The molecule has 1 aromatic carbocycles. The molecule has 0 bridgehead atoms. The minimum atomic E-state index is 0.0871. The van der Waals surface area contributed by atoms with Gasteiger partial charge in [-0.05, 0) is 46.5 Å². The van der Waals surface area contributed by atoms with E-state index in [1.165, 1.54) is 4.70 Å². The van der Waals surface area contributed by atoms with Gasteiger partial charge in [0.25, 0.3) is 0 Å². The highest BCUT2D eigenvalue weighted by atomic mass is 35.5. The summed E-state index contributed by atoms with van der Waals surface area (Å²) in [6.07, 6.45) is 0. The Bertz CT molecular complexity index is 462. The maximum Gasteiger partial charge on any atom is 0.0690 e. The smallest absolute Gasteiger partial charge is 0.0690 e. The molecule has 3 heteroatoms. The highest BCUT2D eigenvalue weighted by Crippen LogP contribution is 2.30. The molecule has 1 nitrogen and oxygen atoms in total. The molecule has 1 aromatic heterocycles. The van der Waals surface area contributed by atoms with Gasteiger partial charge in [0, 0.05) is 10.6 Å². The van der Waals surface area contributed by atoms with E-state index >= 15 is 0 Å². The number of hydrogen-bond acceptors (Lipinski definition) is 2. The average Bonchev–Trinajstić information content (AvgIpc) is 2.64. The lowest BCUT2D eigenvalue weighted by atomic mass is 10.0. The summed E-state index contributed by atoms with van der Waals surface area (Å²) in [5.41, 5.74) is 3.25. The molecule has 0 aliphatic carbocycles. The number of alkyl halides is 1. The molecule has 74 valence electrons. The van der Waals surface area contributed by atoms with Crippen LogP contribution < -0.4 is 0 Å². The van der Waals surface area contributed by atoms with E-state index in [4.69, 9.17) is 11.6 Å². The van der Waals surface area contributed by atoms with Crippen molar-refractivity contribution in [2.45, 2.75) is 19.4 Å². The Kier molecular flexibility index (Phi) is 2.77. The quantitative estimate of drug-likeness (QED) is 0.778. The van der Waals surface area contributed by atoms with Crippen molar-refractivity contribution in [3.63, 3.8) is 0 Å². The molecule has 0 radical (unpaired) electrons. The summed E-state index contributed by atoms with van der Waals surface area (Å²) >= 11 is 7.54. The molecule has 0 unspecified atom stereocenters. The second-order valence-electron chi connectivity index (χ2n) is 3.26. The van der Waals surface area contributed by atoms with Gasteiger partial charge < -0.3 is 5.11 Å². The van der Waals surface area contributed by atoms with Crippen LogP contribution in [0.3, 0.4) is 0 Å². The molecule has 0 aliphatic rings. The van der Waals surface area contributed by atoms with E-state index < -0.39 is 0 Å². The summed E-state index contributed by atoms with van der Waals surface area (Å²) < 4.78 is 1.20. The number of hydrogen-bond donors (Lipinski definition) is 1. The third-order valence-corrected chi connectivity index (χ3v) is 3.71.